The first-order valence-electron chi connectivity index (χ1n) is 7.65. The third kappa shape index (κ3) is 3.56. The Hall–Kier alpha value is -2.67. The van der Waals surface area contributed by atoms with Gasteiger partial charge in [-0.05, 0) is 45.8 Å². The van der Waals surface area contributed by atoms with Gasteiger partial charge in [-0.25, -0.2) is 4.98 Å². The average Bonchev–Trinajstić information content (AvgIpc) is 2.63. The molecule has 2 N–H and O–H groups in total. The van der Waals surface area contributed by atoms with Gasteiger partial charge in [-0.15, -0.1) is 0 Å². The first-order chi connectivity index (χ1) is 12.0. The molecule has 2 heterocycles. The van der Waals surface area contributed by atoms with Crippen molar-refractivity contribution in [3.05, 3.63) is 58.5 Å². The van der Waals surface area contributed by atoms with Crippen molar-refractivity contribution in [1.29, 1.82) is 0 Å². The molecular formula is C18H17BrN4O2. The number of benzene rings is 1. The molecule has 0 radical (unpaired) electrons. The fourth-order valence-electron chi connectivity index (χ4n) is 2.42. The van der Waals surface area contributed by atoms with Crippen molar-refractivity contribution >= 4 is 38.4 Å². The molecule has 0 aliphatic carbocycles. The highest BCUT2D eigenvalue weighted by Gasteiger charge is 2.18. The molecule has 1 aromatic carbocycles. The van der Waals surface area contributed by atoms with Crippen LogP contribution in [0.1, 0.15) is 16.1 Å². The molecule has 0 fully saturated rings. The minimum Gasteiger partial charge on any atom is -0.504 e. The van der Waals surface area contributed by atoms with Crippen LogP contribution >= 0.6 is 15.9 Å². The predicted octanol–water partition coefficient (Wildman–Crippen LogP) is 3.09. The van der Waals surface area contributed by atoms with Gasteiger partial charge < -0.3 is 15.3 Å². The highest BCUT2D eigenvalue weighted by molar-refractivity contribution is 9.10. The number of pyridine rings is 2. The molecule has 0 saturated carbocycles. The van der Waals surface area contributed by atoms with Crippen molar-refractivity contribution in [1.82, 2.24) is 15.3 Å². The van der Waals surface area contributed by atoms with Gasteiger partial charge in [-0.2, -0.15) is 0 Å². The SMILES string of the molecule is CN(C)c1ccc(CNC(=O)c2nc(Br)c3cccnc3c2O)cc1. The van der Waals surface area contributed by atoms with Gasteiger partial charge in [0.1, 0.15) is 10.1 Å². The molecule has 0 atom stereocenters. The largest absolute Gasteiger partial charge is 0.504 e. The zero-order valence-corrected chi connectivity index (χ0v) is 15.4. The van der Waals surface area contributed by atoms with Gasteiger partial charge in [0.05, 0.1) is 0 Å². The van der Waals surface area contributed by atoms with E-state index in [2.05, 4.69) is 31.2 Å². The lowest BCUT2D eigenvalue weighted by atomic mass is 10.2. The van der Waals surface area contributed by atoms with Gasteiger partial charge in [-0.3, -0.25) is 9.78 Å². The van der Waals surface area contributed by atoms with Crippen LogP contribution in [0, 0.1) is 0 Å². The molecule has 6 nitrogen and oxygen atoms in total. The number of aromatic nitrogens is 2. The first kappa shape index (κ1) is 17.2. The lowest BCUT2D eigenvalue weighted by molar-refractivity contribution is 0.0943. The fraction of sp³-hybridized carbons (Fsp3) is 0.167. The first-order valence-corrected chi connectivity index (χ1v) is 8.44. The van der Waals surface area contributed by atoms with Crippen LogP contribution in [0.3, 0.4) is 0 Å². The third-order valence-corrected chi connectivity index (χ3v) is 4.41. The maximum atomic E-state index is 12.4. The number of carbonyl (C=O) groups excluding carboxylic acids is 1. The number of fused-ring (bicyclic) bond motifs is 1. The van der Waals surface area contributed by atoms with Crippen LogP contribution in [-0.2, 0) is 6.54 Å². The highest BCUT2D eigenvalue weighted by atomic mass is 79.9. The summed E-state index contributed by atoms with van der Waals surface area (Å²) < 4.78 is 0.467. The summed E-state index contributed by atoms with van der Waals surface area (Å²) in [6.45, 7) is 0.339. The highest BCUT2D eigenvalue weighted by Crippen LogP contribution is 2.30. The minimum absolute atomic E-state index is 0.0528. The Kier molecular flexibility index (Phi) is 4.85. The van der Waals surface area contributed by atoms with Gasteiger partial charge in [0, 0.05) is 37.9 Å². The number of carbonyl (C=O) groups is 1. The molecule has 2 aromatic heterocycles. The molecule has 25 heavy (non-hydrogen) atoms. The van der Waals surface area contributed by atoms with Gasteiger partial charge >= 0.3 is 0 Å². The van der Waals surface area contributed by atoms with Crippen LogP contribution in [0.25, 0.3) is 10.9 Å². The summed E-state index contributed by atoms with van der Waals surface area (Å²) in [4.78, 5) is 22.7. The zero-order valence-electron chi connectivity index (χ0n) is 13.8. The number of nitrogens with one attached hydrogen (secondary N) is 1. The van der Waals surface area contributed by atoms with Gasteiger partial charge in [0.25, 0.3) is 5.91 Å². The van der Waals surface area contributed by atoms with E-state index < -0.39 is 5.91 Å². The van der Waals surface area contributed by atoms with Gasteiger partial charge in [0.2, 0.25) is 0 Å². The molecule has 7 heteroatoms. The molecule has 3 rings (SSSR count). The van der Waals surface area contributed by atoms with Crippen molar-refractivity contribution in [2.24, 2.45) is 0 Å². The Labute approximate surface area is 153 Å². The third-order valence-electron chi connectivity index (χ3n) is 3.81. The lowest BCUT2D eigenvalue weighted by Crippen LogP contribution is -2.24. The normalized spacial score (nSPS) is 10.7. The Bertz CT molecular complexity index is 926. The molecule has 0 aliphatic heterocycles. The standard InChI is InChI=1S/C18H17BrN4O2/c1-23(2)12-7-5-11(6-8-12)10-21-18(25)15-16(24)14-13(17(19)22-15)4-3-9-20-14/h3-9,24H,10H2,1-2H3,(H,21,25). The van der Waals surface area contributed by atoms with E-state index in [1.807, 2.05) is 43.3 Å². The lowest BCUT2D eigenvalue weighted by Gasteiger charge is -2.13. The molecule has 128 valence electrons. The summed E-state index contributed by atoms with van der Waals surface area (Å²) in [5.41, 5.74) is 2.32. The van der Waals surface area contributed by atoms with Crippen LogP contribution in [0.2, 0.25) is 0 Å². The van der Waals surface area contributed by atoms with E-state index in [-0.39, 0.29) is 11.4 Å². The second kappa shape index (κ2) is 7.06. The zero-order chi connectivity index (χ0) is 18.0. The summed E-state index contributed by atoms with van der Waals surface area (Å²) in [5.74, 6) is -0.679. The van der Waals surface area contributed by atoms with Crippen LogP contribution in [-0.4, -0.2) is 35.1 Å². The molecule has 0 unspecified atom stereocenters. The second-order valence-electron chi connectivity index (χ2n) is 5.74. The number of hydrogen-bond donors (Lipinski definition) is 2. The van der Waals surface area contributed by atoms with Crippen molar-refractivity contribution in [2.75, 3.05) is 19.0 Å². The molecular weight excluding hydrogens is 384 g/mol. The summed E-state index contributed by atoms with van der Waals surface area (Å²) >= 11 is 3.32. The number of nitrogens with zero attached hydrogens (tertiary/aromatic N) is 3. The number of anilines is 1. The van der Waals surface area contributed by atoms with Gasteiger partial charge in [-0.1, -0.05) is 12.1 Å². The maximum absolute atomic E-state index is 12.4. The smallest absolute Gasteiger partial charge is 0.274 e. The van der Waals surface area contributed by atoms with Gasteiger partial charge in [0.15, 0.2) is 11.4 Å². The number of hydrogen-bond acceptors (Lipinski definition) is 5. The molecule has 0 bridgehead atoms. The fourth-order valence-corrected chi connectivity index (χ4v) is 2.92. The summed E-state index contributed by atoms with van der Waals surface area (Å²) in [6, 6.07) is 11.4. The molecule has 0 aliphatic rings. The van der Waals surface area contributed by atoms with Crippen LogP contribution in [0.4, 0.5) is 5.69 Å². The summed E-state index contributed by atoms with van der Waals surface area (Å²) in [5, 5.41) is 13.7. The molecule has 0 spiro atoms. The topological polar surface area (TPSA) is 78.4 Å². The predicted molar refractivity (Wildman–Crippen MR) is 101 cm³/mol. The number of halogens is 1. The second-order valence-corrected chi connectivity index (χ2v) is 6.49. The van der Waals surface area contributed by atoms with E-state index >= 15 is 0 Å². The average molecular weight is 401 g/mol. The molecule has 1 amide bonds. The monoisotopic (exact) mass is 400 g/mol. The van der Waals surface area contributed by atoms with Crippen molar-refractivity contribution in [3.63, 3.8) is 0 Å². The number of rotatable bonds is 4. The quantitative estimate of drug-likeness (QED) is 0.657. The van der Waals surface area contributed by atoms with Crippen molar-refractivity contribution < 1.29 is 9.90 Å². The van der Waals surface area contributed by atoms with E-state index in [0.717, 1.165) is 11.3 Å². The van der Waals surface area contributed by atoms with E-state index in [0.29, 0.717) is 22.1 Å². The van der Waals surface area contributed by atoms with E-state index in [4.69, 9.17) is 0 Å². The van der Waals surface area contributed by atoms with E-state index in [1.165, 1.54) is 0 Å². The number of amides is 1. The maximum Gasteiger partial charge on any atom is 0.274 e. The van der Waals surface area contributed by atoms with Crippen molar-refractivity contribution in [2.45, 2.75) is 6.54 Å². The minimum atomic E-state index is -0.456. The summed E-state index contributed by atoms with van der Waals surface area (Å²) in [7, 11) is 3.94. The number of aromatic hydroxyl groups is 1. The van der Waals surface area contributed by atoms with E-state index in [9.17, 15) is 9.90 Å². The Morgan fingerprint density at radius 2 is 1.96 bits per heavy atom. The van der Waals surface area contributed by atoms with Crippen LogP contribution in [0.5, 0.6) is 5.75 Å². The molecule has 3 aromatic rings. The van der Waals surface area contributed by atoms with Crippen molar-refractivity contribution in [3.8, 4) is 5.75 Å². The summed E-state index contributed by atoms with van der Waals surface area (Å²) in [6.07, 6.45) is 1.56. The Morgan fingerprint density at radius 3 is 2.64 bits per heavy atom. The molecule has 0 saturated heterocycles. The van der Waals surface area contributed by atoms with Crippen LogP contribution < -0.4 is 10.2 Å². The Balaban J connectivity index is 1.79. The Morgan fingerprint density at radius 1 is 1.24 bits per heavy atom. The van der Waals surface area contributed by atoms with Crippen LogP contribution in [0.15, 0.2) is 47.2 Å². The van der Waals surface area contributed by atoms with E-state index in [1.54, 1.807) is 18.3 Å².